The van der Waals surface area contributed by atoms with Crippen molar-refractivity contribution in [2.24, 2.45) is 0 Å². The Morgan fingerprint density at radius 2 is 1.84 bits per heavy atom. The lowest BCUT2D eigenvalue weighted by Gasteiger charge is -2.12. The van der Waals surface area contributed by atoms with Gasteiger partial charge in [0.05, 0.1) is 21.2 Å². The van der Waals surface area contributed by atoms with Crippen LogP contribution in [0.15, 0.2) is 66.2 Å². The summed E-state index contributed by atoms with van der Waals surface area (Å²) in [6.07, 6.45) is 3.27. The molecule has 4 N–H and O–H groups in total. The number of aromatic nitrogens is 4. The number of rotatable bonds is 9. The summed E-state index contributed by atoms with van der Waals surface area (Å²) in [5, 5.41) is 8.42. The predicted molar refractivity (Wildman–Crippen MR) is 148 cm³/mol. The molecular formula is C26H25N7O2S2. The molecule has 0 saturated heterocycles. The Hall–Kier alpha value is -3.80. The third-order valence-electron chi connectivity index (χ3n) is 6.12. The SMILES string of the molecule is Cc1cnc(Nc2ccc3nc(-c4cccs4)[nH]c3c2)nc1Nc1ccc(CNS(=O)(=O)C2CC2)cc1. The first-order valence-electron chi connectivity index (χ1n) is 11.9. The molecule has 11 heteroatoms. The Labute approximate surface area is 218 Å². The lowest BCUT2D eigenvalue weighted by atomic mass is 10.2. The highest BCUT2D eigenvalue weighted by Crippen LogP contribution is 2.28. The molecule has 1 fully saturated rings. The normalized spacial score (nSPS) is 13.6. The smallest absolute Gasteiger partial charge is 0.229 e. The Morgan fingerprint density at radius 3 is 2.59 bits per heavy atom. The molecule has 1 aliphatic carbocycles. The molecule has 0 radical (unpaired) electrons. The van der Waals surface area contributed by atoms with E-state index in [1.807, 2.05) is 66.9 Å². The van der Waals surface area contributed by atoms with Gasteiger partial charge in [0.1, 0.15) is 11.6 Å². The van der Waals surface area contributed by atoms with E-state index in [0.29, 0.717) is 11.8 Å². The summed E-state index contributed by atoms with van der Waals surface area (Å²) in [5.74, 6) is 2.00. The quantitative estimate of drug-likeness (QED) is 0.199. The van der Waals surface area contributed by atoms with Crippen LogP contribution in [0.25, 0.3) is 21.7 Å². The number of benzene rings is 2. The van der Waals surface area contributed by atoms with Gasteiger partial charge in [0.2, 0.25) is 16.0 Å². The zero-order valence-electron chi connectivity index (χ0n) is 20.0. The van der Waals surface area contributed by atoms with Crippen molar-refractivity contribution in [1.29, 1.82) is 0 Å². The molecule has 0 unspecified atom stereocenters. The van der Waals surface area contributed by atoms with E-state index >= 15 is 0 Å². The van der Waals surface area contributed by atoms with Crippen LogP contribution in [0.3, 0.4) is 0 Å². The van der Waals surface area contributed by atoms with Gasteiger partial charge < -0.3 is 15.6 Å². The minimum atomic E-state index is -3.20. The van der Waals surface area contributed by atoms with Gasteiger partial charge in [-0.05, 0) is 67.1 Å². The number of hydrogen-bond donors (Lipinski definition) is 4. The molecule has 2 aromatic carbocycles. The molecular weight excluding hydrogens is 506 g/mol. The maximum Gasteiger partial charge on any atom is 0.229 e. The molecule has 9 nitrogen and oxygen atoms in total. The molecule has 3 heterocycles. The standard InChI is InChI=1S/C26H25N7O2S2/c1-16-14-27-26(30-19-8-11-21-22(13-19)32-25(31-21)23-3-2-12-36-23)33-24(16)29-18-6-4-17(5-7-18)15-28-37(34,35)20-9-10-20/h2-8,11-14,20,28H,9-10,15H2,1H3,(H,31,32)(H2,27,29,30,33). The fourth-order valence-corrected chi connectivity index (χ4v) is 5.93. The van der Waals surface area contributed by atoms with Gasteiger partial charge in [-0.25, -0.2) is 23.1 Å². The van der Waals surface area contributed by atoms with Crippen molar-refractivity contribution < 1.29 is 8.42 Å². The van der Waals surface area contributed by atoms with Gasteiger partial charge in [-0.1, -0.05) is 18.2 Å². The van der Waals surface area contributed by atoms with Crippen LogP contribution in [0, 0.1) is 6.92 Å². The summed E-state index contributed by atoms with van der Waals surface area (Å²) in [7, 11) is -3.20. The van der Waals surface area contributed by atoms with Gasteiger partial charge in [-0.3, -0.25) is 0 Å². The zero-order chi connectivity index (χ0) is 25.4. The number of anilines is 4. The van der Waals surface area contributed by atoms with Crippen LogP contribution in [0.4, 0.5) is 23.1 Å². The number of nitrogens with one attached hydrogen (secondary N) is 4. The van der Waals surface area contributed by atoms with Crippen LogP contribution >= 0.6 is 11.3 Å². The summed E-state index contributed by atoms with van der Waals surface area (Å²) in [4.78, 5) is 18.2. The largest absolute Gasteiger partial charge is 0.340 e. The van der Waals surface area contributed by atoms with E-state index in [4.69, 9.17) is 0 Å². The van der Waals surface area contributed by atoms with Crippen molar-refractivity contribution in [2.45, 2.75) is 31.6 Å². The van der Waals surface area contributed by atoms with E-state index in [1.54, 1.807) is 17.5 Å². The van der Waals surface area contributed by atoms with Crippen molar-refractivity contribution in [3.8, 4) is 10.7 Å². The van der Waals surface area contributed by atoms with E-state index < -0.39 is 10.0 Å². The number of aryl methyl sites for hydroxylation is 1. The summed E-state index contributed by atoms with van der Waals surface area (Å²) >= 11 is 1.65. The molecule has 6 rings (SSSR count). The lowest BCUT2D eigenvalue weighted by molar-refractivity contribution is 0.580. The van der Waals surface area contributed by atoms with E-state index in [1.165, 1.54) is 0 Å². The van der Waals surface area contributed by atoms with Crippen molar-refractivity contribution in [2.75, 3.05) is 10.6 Å². The molecule has 1 aliphatic rings. The number of imidazole rings is 1. The van der Waals surface area contributed by atoms with Crippen LogP contribution in [0.2, 0.25) is 0 Å². The Kier molecular flexibility index (Phi) is 6.11. The Balaban J connectivity index is 1.14. The predicted octanol–water partition coefficient (Wildman–Crippen LogP) is 5.46. The average Bonchev–Trinajstić information content (AvgIpc) is 3.46. The van der Waals surface area contributed by atoms with Crippen LogP contribution in [-0.4, -0.2) is 33.6 Å². The van der Waals surface area contributed by atoms with Crippen molar-refractivity contribution in [1.82, 2.24) is 24.7 Å². The third-order valence-corrected chi connectivity index (χ3v) is 8.89. The van der Waals surface area contributed by atoms with Crippen molar-refractivity contribution in [3.63, 3.8) is 0 Å². The number of H-pyrrole nitrogens is 1. The molecule has 1 saturated carbocycles. The molecule has 0 atom stereocenters. The first-order valence-corrected chi connectivity index (χ1v) is 14.3. The molecule has 0 amide bonds. The highest BCUT2D eigenvalue weighted by atomic mass is 32.2. The van der Waals surface area contributed by atoms with E-state index in [0.717, 1.165) is 57.1 Å². The second kappa shape index (κ2) is 9.58. The van der Waals surface area contributed by atoms with Gasteiger partial charge in [-0.2, -0.15) is 4.98 Å². The van der Waals surface area contributed by atoms with Crippen LogP contribution in [0.5, 0.6) is 0 Å². The van der Waals surface area contributed by atoms with Gasteiger partial charge in [0.25, 0.3) is 0 Å². The van der Waals surface area contributed by atoms with Crippen LogP contribution in [-0.2, 0) is 16.6 Å². The van der Waals surface area contributed by atoms with Gasteiger partial charge >= 0.3 is 0 Å². The average molecular weight is 532 g/mol. The highest BCUT2D eigenvalue weighted by Gasteiger charge is 2.35. The molecule has 37 heavy (non-hydrogen) atoms. The summed E-state index contributed by atoms with van der Waals surface area (Å²) < 4.78 is 26.8. The fraction of sp³-hybridized carbons (Fsp3) is 0.192. The number of fused-ring (bicyclic) bond motifs is 1. The maximum atomic E-state index is 12.0. The topological polar surface area (TPSA) is 125 Å². The maximum absolute atomic E-state index is 12.0. The van der Waals surface area contributed by atoms with Crippen molar-refractivity contribution in [3.05, 3.63) is 77.3 Å². The number of aromatic amines is 1. The van der Waals surface area contributed by atoms with Crippen LogP contribution in [0.1, 0.15) is 24.0 Å². The van der Waals surface area contributed by atoms with Crippen molar-refractivity contribution >= 4 is 55.5 Å². The monoisotopic (exact) mass is 531 g/mol. The van der Waals surface area contributed by atoms with Crippen LogP contribution < -0.4 is 15.4 Å². The second-order valence-electron chi connectivity index (χ2n) is 9.03. The number of hydrogen-bond acceptors (Lipinski definition) is 8. The summed E-state index contributed by atoms with van der Waals surface area (Å²) in [5.41, 5.74) is 5.32. The van der Waals surface area contributed by atoms with Gasteiger partial charge in [0, 0.05) is 29.7 Å². The summed E-state index contributed by atoms with van der Waals surface area (Å²) in [6, 6.07) is 17.6. The first-order chi connectivity index (χ1) is 17.9. The first kappa shape index (κ1) is 23.6. The minimum absolute atomic E-state index is 0.220. The lowest BCUT2D eigenvalue weighted by Crippen LogP contribution is -2.26. The molecule has 188 valence electrons. The Bertz CT molecular complexity index is 1660. The molecule has 0 bridgehead atoms. The number of nitrogens with zero attached hydrogens (tertiary/aromatic N) is 3. The highest BCUT2D eigenvalue weighted by molar-refractivity contribution is 7.90. The minimum Gasteiger partial charge on any atom is -0.340 e. The molecule has 0 aliphatic heterocycles. The zero-order valence-corrected chi connectivity index (χ0v) is 21.7. The Morgan fingerprint density at radius 1 is 1.03 bits per heavy atom. The fourth-order valence-electron chi connectivity index (χ4n) is 3.90. The van der Waals surface area contributed by atoms with E-state index in [-0.39, 0.29) is 11.8 Å². The molecule has 5 aromatic rings. The second-order valence-corrected chi connectivity index (χ2v) is 12.0. The molecule has 0 spiro atoms. The number of sulfonamides is 1. The molecule has 3 aromatic heterocycles. The van der Waals surface area contributed by atoms with E-state index in [2.05, 4.69) is 35.3 Å². The summed E-state index contributed by atoms with van der Waals surface area (Å²) in [6.45, 7) is 2.23. The number of thiophene rings is 1. The van der Waals surface area contributed by atoms with E-state index in [9.17, 15) is 8.42 Å². The third kappa shape index (κ3) is 5.33. The van der Waals surface area contributed by atoms with Gasteiger partial charge in [-0.15, -0.1) is 11.3 Å². The van der Waals surface area contributed by atoms with Gasteiger partial charge in [0.15, 0.2) is 0 Å².